The molecule has 1 rings (SSSR count). The number of phosphoric acid groups is 1. The minimum atomic E-state index is -5.12. The molecule has 1 aliphatic carbocycles. The Kier molecular flexibility index (Phi) is 30.7. The van der Waals surface area contributed by atoms with Gasteiger partial charge in [-0.2, -0.15) is 0 Å². The number of carbonyl (C=O) groups excluding carboxylic acids is 2. The second-order valence-electron chi connectivity index (χ2n) is 14.8. The van der Waals surface area contributed by atoms with Crippen molar-refractivity contribution in [3.05, 3.63) is 36.5 Å². The van der Waals surface area contributed by atoms with E-state index >= 15 is 0 Å². The van der Waals surface area contributed by atoms with Gasteiger partial charge in [-0.3, -0.25) is 18.6 Å². The first-order valence-electron chi connectivity index (χ1n) is 21.3. The quantitative estimate of drug-likeness (QED) is 0.0162. The van der Waals surface area contributed by atoms with Crippen molar-refractivity contribution in [2.75, 3.05) is 13.2 Å². The van der Waals surface area contributed by atoms with E-state index in [1.165, 1.54) is 51.4 Å². The predicted octanol–water partition coefficient (Wildman–Crippen LogP) is 7.44. The van der Waals surface area contributed by atoms with Gasteiger partial charge in [0.2, 0.25) is 0 Å². The predicted molar refractivity (Wildman–Crippen MR) is 216 cm³/mol. The summed E-state index contributed by atoms with van der Waals surface area (Å²) in [5.41, 5.74) is 0. The molecule has 6 unspecified atom stereocenters. The van der Waals surface area contributed by atoms with Crippen molar-refractivity contribution >= 4 is 19.8 Å². The summed E-state index contributed by atoms with van der Waals surface area (Å²) < 4.78 is 33.4. The fourth-order valence-corrected chi connectivity index (χ4v) is 7.27. The van der Waals surface area contributed by atoms with Crippen molar-refractivity contribution in [2.24, 2.45) is 0 Å². The van der Waals surface area contributed by atoms with E-state index in [2.05, 4.69) is 50.3 Å². The third-order valence-electron chi connectivity index (χ3n) is 9.75. The summed E-state index contributed by atoms with van der Waals surface area (Å²) in [6.07, 6.45) is 22.1. The van der Waals surface area contributed by atoms with Crippen molar-refractivity contribution < 1.29 is 63.1 Å². The Morgan fingerprint density at radius 2 is 1.02 bits per heavy atom. The molecular weight excluding hydrogens is 743 g/mol. The van der Waals surface area contributed by atoms with Gasteiger partial charge >= 0.3 is 19.8 Å². The van der Waals surface area contributed by atoms with E-state index in [0.29, 0.717) is 12.8 Å². The lowest BCUT2D eigenvalue weighted by Gasteiger charge is -2.41. The molecule has 0 aromatic rings. The van der Waals surface area contributed by atoms with E-state index in [-0.39, 0.29) is 12.8 Å². The number of hydrogen-bond donors (Lipinski definition) is 6. The zero-order valence-corrected chi connectivity index (χ0v) is 35.1. The van der Waals surface area contributed by atoms with Crippen LogP contribution in [0.3, 0.4) is 0 Å². The van der Waals surface area contributed by atoms with Gasteiger partial charge in [0.05, 0.1) is 6.61 Å². The van der Waals surface area contributed by atoms with Crippen LogP contribution in [0.25, 0.3) is 0 Å². The maximum atomic E-state index is 12.8. The molecule has 0 radical (unpaired) electrons. The summed E-state index contributed by atoms with van der Waals surface area (Å²) in [6, 6.07) is 0. The van der Waals surface area contributed by atoms with Crippen molar-refractivity contribution in [2.45, 2.75) is 204 Å². The van der Waals surface area contributed by atoms with Gasteiger partial charge in [-0.05, 0) is 44.9 Å². The van der Waals surface area contributed by atoms with Crippen LogP contribution in [-0.4, -0.2) is 98.3 Å². The highest BCUT2D eigenvalue weighted by molar-refractivity contribution is 7.47. The number of esters is 2. The molecule has 0 aliphatic heterocycles. The number of ether oxygens (including phenoxy) is 2. The smallest absolute Gasteiger partial charge is 0.462 e. The van der Waals surface area contributed by atoms with Crippen LogP contribution in [0.2, 0.25) is 0 Å². The van der Waals surface area contributed by atoms with Gasteiger partial charge in [-0.15, -0.1) is 0 Å². The molecule has 326 valence electrons. The fraction of sp³-hybridized carbons (Fsp3) is 0.810. The zero-order valence-electron chi connectivity index (χ0n) is 34.2. The van der Waals surface area contributed by atoms with Crippen molar-refractivity contribution in [3.8, 4) is 0 Å². The van der Waals surface area contributed by atoms with Crippen molar-refractivity contribution in [1.29, 1.82) is 0 Å². The molecule has 0 saturated heterocycles. The van der Waals surface area contributed by atoms with Crippen LogP contribution in [0.4, 0.5) is 0 Å². The largest absolute Gasteiger partial charge is 0.472 e. The molecule has 1 saturated carbocycles. The Labute approximate surface area is 336 Å². The minimum Gasteiger partial charge on any atom is -0.462 e. The van der Waals surface area contributed by atoms with E-state index in [4.69, 9.17) is 18.5 Å². The Bertz CT molecular complexity index is 1130. The molecule has 6 N–H and O–H groups in total. The average Bonchev–Trinajstić information content (AvgIpc) is 3.18. The van der Waals surface area contributed by atoms with E-state index in [1.54, 1.807) is 0 Å². The zero-order chi connectivity index (χ0) is 41.4. The first-order chi connectivity index (χ1) is 26.9. The number of rotatable bonds is 34. The van der Waals surface area contributed by atoms with Crippen LogP contribution in [0.15, 0.2) is 36.5 Å². The van der Waals surface area contributed by atoms with Gasteiger partial charge in [-0.25, -0.2) is 4.57 Å². The second kappa shape index (κ2) is 33.0. The normalized spacial score (nSPS) is 23.2. The number of carbonyl (C=O) groups is 2. The number of phosphoric ester groups is 1. The van der Waals surface area contributed by atoms with E-state index in [9.17, 15) is 44.6 Å². The molecule has 0 amide bonds. The van der Waals surface area contributed by atoms with Gasteiger partial charge in [0.25, 0.3) is 0 Å². The molecule has 0 aromatic carbocycles. The van der Waals surface area contributed by atoms with E-state index in [1.807, 2.05) is 0 Å². The number of hydrogen-bond acceptors (Lipinski definition) is 12. The average molecular weight is 819 g/mol. The Morgan fingerprint density at radius 3 is 1.55 bits per heavy atom. The maximum Gasteiger partial charge on any atom is 0.472 e. The van der Waals surface area contributed by atoms with Crippen LogP contribution >= 0.6 is 7.82 Å². The van der Waals surface area contributed by atoms with Crippen molar-refractivity contribution in [3.63, 3.8) is 0 Å². The Hall–Kier alpha value is -1.93. The lowest BCUT2D eigenvalue weighted by Crippen LogP contribution is -2.64. The molecule has 0 aromatic heterocycles. The molecular formula is C42H75O13P. The van der Waals surface area contributed by atoms with Crippen LogP contribution in [-0.2, 0) is 32.7 Å². The lowest BCUT2D eigenvalue weighted by molar-refractivity contribution is -0.220. The molecule has 1 aliphatic rings. The summed E-state index contributed by atoms with van der Waals surface area (Å²) in [6.45, 7) is 3.15. The molecule has 14 heteroatoms. The Balaban J connectivity index is 2.51. The molecule has 13 nitrogen and oxygen atoms in total. The second-order valence-corrected chi connectivity index (χ2v) is 16.2. The highest BCUT2D eigenvalue weighted by Crippen LogP contribution is 2.47. The van der Waals surface area contributed by atoms with Crippen LogP contribution < -0.4 is 0 Å². The topological polar surface area (TPSA) is 210 Å². The monoisotopic (exact) mass is 818 g/mol. The first kappa shape index (κ1) is 52.1. The van der Waals surface area contributed by atoms with E-state index < -0.39 is 75.7 Å². The number of allylic oxidation sites excluding steroid dienone is 6. The SMILES string of the molecule is CC/C=C\C/C=C\C/C=C\CCCCCCCC(=O)O[C@H](COC(=O)CCCCCCCCCCCCCC)COP(=O)(O)OC1C(O)C(O)C(O)[C@@H](O)C1O. The number of aliphatic hydroxyl groups is 5. The van der Waals surface area contributed by atoms with Gasteiger partial charge in [0.15, 0.2) is 6.10 Å². The minimum absolute atomic E-state index is 0.0782. The van der Waals surface area contributed by atoms with Crippen LogP contribution in [0, 0.1) is 0 Å². The standard InChI is InChI=1S/C42H75O13P/c1-3-5-7-9-11-13-15-17-18-19-21-23-25-27-29-31-36(44)54-34(32-52-35(43)30-28-26-24-22-20-16-14-12-10-8-6-4-2)33-53-56(50,51)55-42-40(48)38(46)37(45)39(47)41(42)49/h5,7,11,13,17-18,34,37-42,45-49H,3-4,6,8-10,12,14-16,19-33H2,1-2H3,(H,50,51)/b7-5-,13-11-,18-17-/t34-,37?,38-,39?,40?,41?,42?/m1/s1. The van der Waals surface area contributed by atoms with Crippen LogP contribution in [0.5, 0.6) is 0 Å². The highest BCUT2D eigenvalue weighted by Gasteiger charge is 2.51. The number of aliphatic hydroxyl groups excluding tert-OH is 5. The summed E-state index contributed by atoms with van der Waals surface area (Å²) in [5, 5.41) is 50.0. The summed E-state index contributed by atoms with van der Waals surface area (Å²) in [7, 11) is -5.12. The summed E-state index contributed by atoms with van der Waals surface area (Å²) >= 11 is 0. The molecule has 56 heavy (non-hydrogen) atoms. The lowest BCUT2D eigenvalue weighted by atomic mass is 9.85. The van der Waals surface area contributed by atoms with Crippen molar-refractivity contribution in [1.82, 2.24) is 0 Å². The third-order valence-corrected chi connectivity index (χ3v) is 10.7. The molecule has 0 bridgehead atoms. The Morgan fingerprint density at radius 1 is 0.571 bits per heavy atom. The number of unbranched alkanes of at least 4 members (excludes halogenated alkanes) is 16. The fourth-order valence-electron chi connectivity index (χ4n) is 6.30. The highest BCUT2D eigenvalue weighted by atomic mass is 31.2. The van der Waals surface area contributed by atoms with Crippen LogP contribution in [0.1, 0.15) is 162 Å². The first-order valence-corrected chi connectivity index (χ1v) is 22.8. The van der Waals surface area contributed by atoms with Gasteiger partial charge < -0.3 is 39.9 Å². The maximum absolute atomic E-state index is 12.8. The molecule has 0 spiro atoms. The third kappa shape index (κ3) is 25.4. The molecule has 8 atom stereocenters. The summed E-state index contributed by atoms with van der Waals surface area (Å²) in [5.74, 6) is -1.12. The van der Waals surface area contributed by atoms with Gasteiger partial charge in [-0.1, -0.05) is 140 Å². The van der Waals surface area contributed by atoms with Gasteiger partial charge in [0.1, 0.15) is 43.2 Å². The summed E-state index contributed by atoms with van der Waals surface area (Å²) in [4.78, 5) is 35.6. The molecule has 0 heterocycles. The van der Waals surface area contributed by atoms with E-state index in [0.717, 1.165) is 70.6 Å². The van der Waals surface area contributed by atoms with Gasteiger partial charge in [0, 0.05) is 12.8 Å². The molecule has 1 fully saturated rings.